The highest BCUT2D eigenvalue weighted by molar-refractivity contribution is 7.92. The van der Waals surface area contributed by atoms with Crippen LogP contribution >= 0.6 is 0 Å². The molecule has 2 aromatic rings. The summed E-state index contributed by atoms with van der Waals surface area (Å²) in [5.74, 6) is -0.725. The Balaban J connectivity index is 1.40. The van der Waals surface area contributed by atoms with Crippen LogP contribution in [0.25, 0.3) is 0 Å². The van der Waals surface area contributed by atoms with Crippen LogP contribution in [0.3, 0.4) is 0 Å². The molecule has 0 bridgehead atoms. The molecule has 1 saturated carbocycles. The van der Waals surface area contributed by atoms with Crippen molar-refractivity contribution in [2.45, 2.75) is 37.1 Å². The maximum atomic E-state index is 14.1. The van der Waals surface area contributed by atoms with Crippen molar-refractivity contribution in [1.29, 1.82) is 0 Å². The minimum absolute atomic E-state index is 0.00704. The first-order valence-electron chi connectivity index (χ1n) is 12.4. The van der Waals surface area contributed by atoms with Gasteiger partial charge in [0.05, 0.1) is 30.2 Å². The average molecular weight is 532 g/mol. The van der Waals surface area contributed by atoms with Crippen LogP contribution in [0.5, 0.6) is 5.75 Å². The number of amides is 1. The molecule has 2 fully saturated rings. The summed E-state index contributed by atoms with van der Waals surface area (Å²) in [6.07, 6.45) is 1.68. The van der Waals surface area contributed by atoms with Crippen LogP contribution < -0.4 is 14.8 Å². The van der Waals surface area contributed by atoms with Crippen LogP contribution in [0.2, 0.25) is 0 Å². The van der Waals surface area contributed by atoms with Crippen molar-refractivity contribution in [2.24, 2.45) is 11.8 Å². The molecule has 2 N–H and O–H groups in total. The zero-order chi connectivity index (χ0) is 26.3. The summed E-state index contributed by atoms with van der Waals surface area (Å²) in [5.41, 5.74) is 0.974. The lowest BCUT2D eigenvalue weighted by molar-refractivity contribution is -0.124. The lowest BCUT2D eigenvalue weighted by atomic mass is 10.0. The number of benzene rings is 2. The molecule has 3 atom stereocenters. The van der Waals surface area contributed by atoms with Crippen molar-refractivity contribution in [1.82, 2.24) is 10.2 Å². The third-order valence-electron chi connectivity index (χ3n) is 7.44. The number of nitrogens with one attached hydrogen (secondary N) is 2. The zero-order valence-electron chi connectivity index (χ0n) is 20.8. The largest absolute Gasteiger partial charge is 0.492 e. The Hall–Kier alpha value is -3.18. The lowest BCUT2D eigenvalue weighted by Gasteiger charge is -2.22. The molecule has 3 aliphatic rings. The van der Waals surface area contributed by atoms with Gasteiger partial charge in [0.1, 0.15) is 17.1 Å². The van der Waals surface area contributed by atoms with Crippen molar-refractivity contribution >= 4 is 27.6 Å². The van der Waals surface area contributed by atoms with Gasteiger partial charge < -0.3 is 19.7 Å². The Morgan fingerprint density at radius 3 is 2.78 bits per heavy atom. The molecular formula is C26H30FN3O6S. The van der Waals surface area contributed by atoms with E-state index in [0.29, 0.717) is 31.2 Å². The molecule has 0 radical (unpaired) electrons. The Morgan fingerprint density at radius 1 is 1.24 bits per heavy atom. The van der Waals surface area contributed by atoms with Crippen LogP contribution in [0.1, 0.15) is 47.2 Å². The van der Waals surface area contributed by atoms with Gasteiger partial charge in [-0.15, -0.1) is 0 Å². The second-order valence-electron chi connectivity index (χ2n) is 9.77. The number of halogens is 1. The molecule has 11 heteroatoms. The van der Waals surface area contributed by atoms with Gasteiger partial charge in [-0.05, 0) is 67.2 Å². The maximum absolute atomic E-state index is 14.1. The lowest BCUT2D eigenvalue weighted by Crippen LogP contribution is -2.33. The number of hydrogen-bond acceptors (Lipinski definition) is 7. The summed E-state index contributed by atoms with van der Waals surface area (Å²) in [5, 5.41) is 2.76. The van der Waals surface area contributed by atoms with E-state index >= 15 is 0 Å². The van der Waals surface area contributed by atoms with E-state index in [1.807, 2.05) is 6.92 Å². The van der Waals surface area contributed by atoms with E-state index in [4.69, 9.17) is 9.47 Å². The number of ether oxygens (including phenoxy) is 2. The van der Waals surface area contributed by atoms with Crippen LogP contribution in [0.4, 0.5) is 10.1 Å². The molecule has 5 rings (SSSR count). The Kier molecular flexibility index (Phi) is 6.84. The fourth-order valence-electron chi connectivity index (χ4n) is 5.25. The second kappa shape index (κ2) is 9.94. The van der Waals surface area contributed by atoms with E-state index in [1.54, 1.807) is 6.07 Å². The fraction of sp³-hybridized carbons (Fsp3) is 0.462. The van der Waals surface area contributed by atoms with Gasteiger partial charge in [0.2, 0.25) is 5.91 Å². The van der Waals surface area contributed by atoms with E-state index < -0.39 is 21.8 Å². The molecule has 1 aliphatic carbocycles. The number of esters is 1. The summed E-state index contributed by atoms with van der Waals surface area (Å²) in [7, 11) is -3.06. The van der Waals surface area contributed by atoms with E-state index in [1.165, 1.54) is 13.2 Å². The van der Waals surface area contributed by atoms with Gasteiger partial charge >= 0.3 is 5.97 Å². The van der Waals surface area contributed by atoms with Crippen LogP contribution in [-0.2, 0) is 26.1 Å². The quantitative estimate of drug-likeness (QED) is 0.504. The second-order valence-corrected chi connectivity index (χ2v) is 11.4. The third-order valence-corrected chi connectivity index (χ3v) is 8.91. The van der Waals surface area contributed by atoms with Crippen molar-refractivity contribution in [3.8, 4) is 5.75 Å². The molecule has 9 nitrogen and oxygen atoms in total. The number of carbonyl (C=O) groups excluding carboxylic acids is 2. The third kappa shape index (κ3) is 5.02. The summed E-state index contributed by atoms with van der Waals surface area (Å²) in [6, 6.07) is 6.56. The molecule has 2 heterocycles. The van der Waals surface area contributed by atoms with E-state index in [-0.39, 0.29) is 46.0 Å². The first kappa shape index (κ1) is 25.5. The van der Waals surface area contributed by atoms with Crippen molar-refractivity contribution in [3.05, 3.63) is 52.8 Å². The summed E-state index contributed by atoms with van der Waals surface area (Å²) in [4.78, 5) is 27.3. The first-order chi connectivity index (χ1) is 17.7. The highest BCUT2D eigenvalue weighted by atomic mass is 32.2. The van der Waals surface area contributed by atoms with Crippen LogP contribution in [0.15, 0.2) is 35.2 Å². The van der Waals surface area contributed by atoms with Gasteiger partial charge in [-0.1, -0.05) is 13.0 Å². The number of carbonyl (C=O) groups is 2. The summed E-state index contributed by atoms with van der Waals surface area (Å²) >= 11 is 0. The normalized spacial score (nSPS) is 22.4. The zero-order valence-corrected chi connectivity index (χ0v) is 21.6. The monoisotopic (exact) mass is 531 g/mol. The number of likely N-dealkylation sites (tertiary alicyclic amines) is 1. The van der Waals surface area contributed by atoms with Gasteiger partial charge in [0.25, 0.3) is 10.0 Å². The Labute approximate surface area is 215 Å². The SMILES string of the molecule is CCN1CCC(C(=O)NCc2cc(F)ccc2S(=O)(=O)Nc2ccc3c(c2C(=O)OC)OC[C@@H]2C[C@H]32)C1. The standard InChI is InChI=1S/C26H30FN3O6S/c1-3-30-9-8-15(13-30)25(31)28-12-16-10-18(27)4-7-22(16)37(33,34)29-21-6-5-19-20-11-17(20)14-36-24(19)23(21)26(32)35-2/h4-7,10,15,17,20,29H,3,8-9,11-14H2,1-2H3,(H,28,31)/t15?,17-,20-/m0/s1. The first-order valence-corrected chi connectivity index (χ1v) is 13.9. The molecule has 1 amide bonds. The average Bonchev–Trinajstić information content (AvgIpc) is 3.53. The highest BCUT2D eigenvalue weighted by Gasteiger charge is 2.45. The molecule has 198 valence electrons. The van der Waals surface area contributed by atoms with E-state index in [9.17, 15) is 22.4 Å². The van der Waals surface area contributed by atoms with Gasteiger partial charge in [-0.25, -0.2) is 17.6 Å². The summed E-state index contributed by atoms with van der Waals surface area (Å²) in [6.45, 7) is 4.64. The van der Waals surface area contributed by atoms with E-state index in [2.05, 4.69) is 14.9 Å². The molecular weight excluding hydrogens is 501 g/mol. The maximum Gasteiger partial charge on any atom is 0.343 e. The Morgan fingerprint density at radius 2 is 2.05 bits per heavy atom. The summed E-state index contributed by atoms with van der Waals surface area (Å²) < 4.78 is 54.3. The van der Waals surface area contributed by atoms with Gasteiger partial charge in [-0.2, -0.15) is 0 Å². The smallest absolute Gasteiger partial charge is 0.343 e. The van der Waals surface area contributed by atoms with Crippen molar-refractivity contribution in [3.63, 3.8) is 0 Å². The highest BCUT2D eigenvalue weighted by Crippen LogP contribution is 2.55. The number of nitrogens with zero attached hydrogens (tertiary/aromatic N) is 1. The van der Waals surface area contributed by atoms with Gasteiger partial charge in [0.15, 0.2) is 0 Å². The molecule has 1 saturated heterocycles. The van der Waals surface area contributed by atoms with Gasteiger partial charge in [0, 0.05) is 19.0 Å². The Bertz CT molecular complexity index is 1350. The van der Waals surface area contributed by atoms with E-state index in [0.717, 1.165) is 43.3 Å². The fourth-order valence-corrected chi connectivity index (χ4v) is 6.54. The topological polar surface area (TPSA) is 114 Å². The van der Waals surface area contributed by atoms with Crippen molar-refractivity contribution < 1.29 is 31.9 Å². The minimum Gasteiger partial charge on any atom is -0.492 e. The van der Waals surface area contributed by atoms with Crippen LogP contribution in [-0.4, -0.2) is 58.5 Å². The number of hydrogen-bond donors (Lipinski definition) is 2. The number of anilines is 1. The minimum atomic E-state index is -4.27. The van der Waals surface area contributed by atoms with Gasteiger partial charge in [-0.3, -0.25) is 9.52 Å². The molecule has 0 aromatic heterocycles. The predicted octanol–water partition coefficient (Wildman–Crippen LogP) is 2.87. The molecule has 0 spiro atoms. The predicted molar refractivity (Wildman–Crippen MR) is 133 cm³/mol. The molecule has 37 heavy (non-hydrogen) atoms. The number of sulfonamides is 1. The number of rotatable bonds is 8. The van der Waals surface area contributed by atoms with Crippen molar-refractivity contribution in [2.75, 3.05) is 38.1 Å². The number of fused-ring (bicyclic) bond motifs is 3. The molecule has 1 unspecified atom stereocenters. The number of methoxy groups -OCH3 is 1. The molecule has 2 aliphatic heterocycles. The van der Waals surface area contributed by atoms with Crippen LogP contribution in [0, 0.1) is 17.7 Å². The molecule has 2 aromatic carbocycles.